The molecule has 0 aliphatic rings. The van der Waals surface area contributed by atoms with Crippen LogP contribution >= 0.6 is 0 Å². The minimum Gasteiger partial charge on any atom is -0.326 e. The lowest BCUT2D eigenvalue weighted by atomic mass is 9.86. The standard InChI is InChI=1S/C18H27NO2/c1-17(2,3)12-11-15(20)19-14-9-7-13(8-10-14)16(21)18(4,5)6/h7-10H,11-12H2,1-6H3,(H,19,20). The Bertz CT molecular complexity index is 502. The van der Waals surface area contributed by atoms with Gasteiger partial charge in [0.1, 0.15) is 0 Å². The normalized spacial score (nSPS) is 12.1. The predicted octanol–water partition coefficient (Wildman–Crippen LogP) is 4.68. The molecule has 1 aromatic carbocycles. The number of hydrogen-bond acceptors (Lipinski definition) is 2. The van der Waals surface area contributed by atoms with Gasteiger partial charge in [-0.05, 0) is 36.1 Å². The fourth-order valence-corrected chi connectivity index (χ4v) is 1.85. The lowest BCUT2D eigenvalue weighted by Crippen LogP contribution is -2.20. The first-order chi connectivity index (χ1) is 9.49. The minimum absolute atomic E-state index is 0.0137. The largest absolute Gasteiger partial charge is 0.326 e. The number of ketones is 1. The van der Waals surface area contributed by atoms with Crippen LogP contribution in [-0.2, 0) is 4.79 Å². The summed E-state index contributed by atoms with van der Waals surface area (Å²) in [6, 6.07) is 7.11. The highest BCUT2D eigenvalue weighted by molar-refractivity contribution is 6.00. The fraction of sp³-hybridized carbons (Fsp3) is 0.556. The summed E-state index contributed by atoms with van der Waals surface area (Å²) in [5, 5.41) is 2.87. The number of carbonyl (C=O) groups excluding carboxylic acids is 2. The van der Waals surface area contributed by atoms with Gasteiger partial charge >= 0.3 is 0 Å². The SMILES string of the molecule is CC(C)(C)CCC(=O)Nc1ccc(C(=O)C(C)(C)C)cc1. The van der Waals surface area contributed by atoms with Crippen LogP contribution in [-0.4, -0.2) is 11.7 Å². The molecule has 1 rings (SSSR count). The highest BCUT2D eigenvalue weighted by Gasteiger charge is 2.22. The quantitative estimate of drug-likeness (QED) is 0.818. The van der Waals surface area contributed by atoms with Crippen molar-refractivity contribution in [3.63, 3.8) is 0 Å². The van der Waals surface area contributed by atoms with Crippen molar-refractivity contribution in [2.45, 2.75) is 54.4 Å². The lowest BCUT2D eigenvalue weighted by Gasteiger charge is -2.18. The highest BCUT2D eigenvalue weighted by atomic mass is 16.1. The molecule has 0 aliphatic carbocycles. The van der Waals surface area contributed by atoms with Crippen molar-refractivity contribution >= 4 is 17.4 Å². The Morgan fingerprint density at radius 2 is 1.48 bits per heavy atom. The van der Waals surface area contributed by atoms with E-state index in [0.29, 0.717) is 12.0 Å². The molecule has 3 heteroatoms. The zero-order chi connectivity index (χ0) is 16.3. The first kappa shape index (κ1) is 17.4. The van der Waals surface area contributed by atoms with E-state index in [1.807, 2.05) is 20.8 Å². The van der Waals surface area contributed by atoms with Gasteiger partial charge in [0, 0.05) is 23.1 Å². The van der Waals surface area contributed by atoms with Crippen molar-refractivity contribution in [3.8, 4) is 0 Å². The molecule has 1 N–H and O–H groups in total. The number of hydrogen-bond donors (Lipinski definition) is 1. The van der Waals surface area contributed by atoms with E-state index in [0.717, 1.165) is 12.1 Å². The van der Waals surface area contributed by atoms with E-state index in [1.165, 1.54) is 0 Å². The third kappa shape index (κ3) is 6.11. The van der Waals surface area contributed by atoms with Gasteiger partial charge in [0.15, 0.2) is 5.78 Å². The molecule has 116 valence electrons. The second-order valence-electron chi connectivity index (χ2n) is 7.77. The van der Waals surface area contributed by atoms with Crippen LogP contribution in [0.4, 0.5) is 5.69 Å². The molecule has 0 fully saturated rings. The molecule has 3 nitrogen and oxygen atoms in total. The van der Waals surface area contributed by atoms with E-state index in [9.17, 15) is 9.59 Å². The van der Waals surface area contributed by atoms with Gasteiger partial charge in [-0.25, -0.2) is 0 Å². The maximum atomic E-state index is 12.1. The first-order valence-corrected chi connectivity index (χ1v) is 7.44. The van der Waals surface area contributed by atoms with E-state index >= 15 is 0 Å². The number of Topliss-reactive ketones (excluding diaryl/α,β-unsaturated/α-hetero) is 1. The Kier molecular flexibility index (Phi) is 5.32. The monoisotopic (exact) mass is 289 g/mol. The zero-order valence-electron chi connectivity index (χ0n) is 14.0. The van der Waals surface area contributed by atoms with Crippen LogP contribution in [0.2, 0.25) is 0 Å². The molecule has 0 aliphatic heterocycles. The lowest BCUT2D eigenvalue weighted by molar-refractivity contribution is -0.116. The third-order valence-corrected chi connectivity index (χ3v) is 3.21. The highest BCUT2D eigenvalue weighted by Crippen LogP contribution is 2.23. The fourth-order valence-electron chi connectivity index (χ4n) is 1.85. The number of rotatable bonds is 4. The van der Waals surface area contributed by atoms with E-state index in [-0.39, 0.29) is 17.1 Å². The van der Waals surface area contributed by atoms with E-state index in [2.05, 4.69) is 26.1 Å². The van der Waals surface area contributed by atoms with E-state index in [1.54, 1.807) is 24.3 Å². The van der Waals surface area contributed by atoms with Crippen LogP contribution in [0.15, 0.2) is 24.3 Å². The van der Waals surface area contributed by atoms with Crippen molar-refractivity contribution < 1.29 is 9.59 Å². The average Bonchev–Trinajstić information content (AvgIpc) is 2.34. The Labute approximate surface area is 128 Å². The second-order valence-corrected chi connectivity index (χ2v) is 7.77. The Morgan fingerprint density at radius 3 is 1.90 bits per heavy atom. The summed E-state index contributed by atoms with van der Waals surface area (Å²) in [7, 11) is 0. The molecular formula is C18H27NO2. The predicted molar refractivity (Wildman–Crippen MR) is 87.5 cm³/mol. The second kappa shape index (κ2) is 6.42. The summed E-state index contributed by atoms with van der Waals surface area (Å²) in [5.41, 5.74) is 1.17. The van der Waals surface area contributed by atoms with Gasteiger partial charge in [-0.1, -0.05) is 41.5 Å². The smallest absolute Gasteiger partial charge is 0.224 e. The molecule has 0 radical (unpaired) electrons. The van der Waals surface area contributed by atoms with Gasteiger partial charge in [0.05, 0.1) is 0 Å². The molecule has 0 saturated carbocycles. The maximum Gasteiger partial charge on any atom is 0.224 e. The summed E-state index contributed by atoms with van der Waals surface area (Å²) >= 11 is 0. The molecule has 0 atom stereocenters. The molecule has 0 heterocycles. The Hall–Kier alpha value is -1.64. The molecule has 0 aromatic heterocycles. The summed E-state index contributed by atoms with van der Waals surface area (Å²) in [4.78, 5) is 24.0. The van der Waals surface area contributed by atoms with Crippen LogP contribution in [0.1, 0.15) is 64.7 Å². The van der Waals surface area contributed by atoms with Crippen LogP contribution < -0.4 is 5.32 Å². The molecule has 0 saturated heterocycles. The number of nitrogens with one attached hydrogen (secondary N) is 1. The number of amides is 1. The molecule has 0 unspecified atom stereocenters. The van der Waals surface area contributed by atoms with Gasteiger partial charge in [0.25, 0.3) is 0 Å². The average molecular weight is 289 g/mol. The van der Waals surface area contributed by atoms with Crippen molar-refractivity contribution in [1.82, 2.24) is 0 Å². The summed E-state index contributed by atoms with van der Waals surface area (Å²) in [6.45, 7) is 12.1. The molecule has 1 amide bonds. The van der Waals surface area contributed by atoms with Crippen LogP contribution in [0.5, 0.6) is 0 Å². The van der Waals surface area contributed by atoms with E-state index < -0.39 is 5.41 Å². The zero-order valence-corrected chi connectivity index (χ0v) is 14.0. The van der Waals surface area contributed by atoms with Crippen molar-refractivity contribution in [2.24, 2.45) is 10.8 Å². The van der Waals surface area contributed by atoms with Gasteiger partial charge in [-0.15, -0.1) is 0 Å². The molecule has 0 spiro atoms. The first-order valence-electron chi connectivity index (χ1n) is 7.44. The molecule has 21 heavy (non-hydrogen) atoms. The van der Waals surface area contributed by atoms with Gasteiger partial charge in [-0.3, -0.25) is 9.59 Å². The van der Waals surface area contributed by atoms with Crippen LogP contribution in [0.25, 0.3) is 0 Å². The van der Waals surface area contributed by atoms with Crippen molar-refractivity contribution in [1.29, 1.82) is 0 Å². The molecule has 1 aromatic rings. The van der Waals surface area contributed by atoms with Crippen molar-refractivity contribution in [2.75, 3.05) is 5.32 Å². The van der Waals surface area contributed by atoms with Crippen LogP contribution in [0.3, 0.4) is 0 Å². The van der Waals surface area contributed by atoms with Gasteiger partial charge in [-0.2, -0.15) is 0 Å². The minimum atomic E-state index is -0.391. The number of carbonyl (C=O) groups is 2. The maximum absolute atomic E-state index is 12.1. The van der Waals surface area contributed by atoms with Gasteiger partial charge in [0.2, 0.25) is 5.91 Å². The summed E-state index contributed by atoms with van der Waals surface area (Å²) in [5.74, 6) is 0.118. The number of anilines is 1. The summed E-state index contributed by atoms with van der Waals surface area (Å²) in [6.07, 6.45) is 1.35. The number of benzene rings is 1. The molecular weight excluding hydrogens is 262 g/mol. The topological polar surface area (TPSA) is 46.2 Å². The Balaban J connectivity index is 2.63. The Morgan fingerprint density at radius 1 is 0.952 bits per heavy atom. The molecule has 0 bridgehead atoms. The van der Waals surface area contributed by atoms with Crippen molar-refractivity contribution in [3.05, 3.63) is 29.8 Å². The van der Waals surface area contributed by atoms with Gasteiger partial charge < -0.3 is 5.32 Å². The third-order valence-electron chi connectivity index (χ3n) is 3.21. The summed E-state index contributed by atoms with van der Waals surface area (Å²) < 4.78 is 0. The van der Waals surface area contributed by atoms with Crippen LogP contribution in [0, 0.1) is 10.8 Å². The van der Waals surface area contributed by atoms with E-state index in [4.69, 9.17) is 0 Å².